The van der Waals surface area contributed by atoms with Gasteiger partial charge in [-0.1, -0.05) is 78.9 Å². The molecule has 0 spiro atoms. The molecule has 4 aromatic rings. The number of hydrogen-bond acceptors (Lipinski definition) is 4. The van der Waals surface area contributed by atoms with Crippen molar-refractivity contribution in [3.63, 3.8) is 0 Å². The molecule has 32 heavy (non-hydrogen) atoms. The van der Waals surface area contributed by atoms with Crippen molar-refractivity contribution >= 4 is 11.7 Å². The number of carbonyl (C=O) groups excluding carboxylic acids is 2. The molecule has 6 heteroatoms. The summed E-state index contributed by atoms with van der Waals surface area (Å²) >= 11 is 0. The van der Waals surface area contributed by atoms with Crippen LogP contribution in [0.5, 0.6) is 0 Å². The van der Waals surface area contributed by atoms with Gasteiger partial charge in [0.05, 0.1) is 17.8 Å². The summed E-state index contributed by atoms with van der Waals surface area (Å²) < 4.78 is 1.32. The van der Waals surface area contributed by atoms with E-state index in [-0.39, 0.29) is 30.3 Å². The van der Waals surface area contributed by atoms with Crippen LogP contribution in [0.3, 0.4) is 0 Å². The Balaban J connectivity index is 1.47. The van der Waals surface area contributed by atoms with E-state index in [1.807, 2.05) is 36.4 Å². The first kappa shape index (κ1) is 20.9. The van der Waals surface area contributed by atoms with Crippen molar-refractivity contribution in [2.75, 3.05) is 6.54 Å². The molecule has 0 aliphatic rings. The van der Waals surface area contributed by atoms with Crippen molar-refractivity contribution in [3.8, 4) is 11.3 Å². The van der Waals surface area contributed by atoms with Gasteiger partial charge in [0.25, 0.3) is 11.5 Å². The molecule has 0 unspecified atom stereocenters. The van der Waals surface area contributed by atoms with Crippen molar-refractivity contribution in [3.05, 3.63) is 124 Å². The molecule has 0 atom stereocenters. The molecule has 4 rings (SSSR count). The van der Waals surface area contributed by atoms with Crippen LogP contribution in [0.4, 0.5) is 0 Å². The van der Waals surface area contributed by atoms with Crippen molar-refractivity contribution in [1.82, 2.24) is 15.1 Å². The predicted octanol–water partition coefficient (Wildman–Crippen LogP) is 3.57. The van der Waals surface area contributed by atoms with Gasteiger partial charge in [-0.3, -0.25) is 14.4 Å². The fourth-order valence-corrected chi connectivity index (χ4v) is 3.37. The van der Waals surface area contributed by atoms with Crippen LogP contribution in [0.25, 0.3) is 11.3 Å². The van der Waals surface area contributed by atoms with Gasteiger partial charge in [-0.2, -0.15) is 5.10 Å². The van der Waals surface area contributed by atoms with Crippen molar-refractivity contribution in [2.45, 2.75) is 6.54 Å². The predicted molar refractivity (Wildman–Crippen MR) is 123 cm³/mol. The molecular formula is C26H21N3O3. The minimum absolute atomic E-state index is 0.192. The summed E-state index contributed by atoms with van der Waals surface area (Å²) in [5, 5.41) is 7.19. The van der Waals surface area contributed by atoms with Crippen LogP contribution in [0.1, 0.15) is 26.3 Å². The van der Waals surface area contributed by atoms with Gasteiger partial charge in [-0.25, -0.2) is 4.68 Å². The van der Waals surface area contributed by atoms with E-state index in [0.29, 0.717) is 22.4 Å². The van der Waals surface area contributed by atoms with Crippen LogP contribution in [-0.2, 0) is 6.54 Å². The fourth-order valence-electron chi connectivity index (χ4n) is 3.37. The number of hydrogen-bond donors (Lipinski definition) is 1. The third kappa shape index (κ3) is 4.70. The largest absolute Gasteiger partial charge is 0.350 e. The van der Waals surface area contributed by atoms with Gasteiger partial charge in [0.15, 0.2) is 5.78 Å². The molecule has 0 radical (unpaired) electrons. The van der Waals surface area contributed by atoms with E-state index in [2.05, 4.69) is 10.4 Å². The average Bonchev–Trinajstić information content (AvgIpc) is 2.85. The highest BCUT2D eigenvalue weighted by Crippen LogP contribution is 2.15. The number of carbonyl (C=O) groups is 2. The first-order chi connectivity index (χ1) is 15.6. The molecule has 1 aromatic heterocycles. The highest BCUT2D eigenvalue weighted by molar-refractivity contribution is 6.15. The lowest BCUT2D eigenvalue weighted by Crippen LogP contribution is -2.32. The van der Waals surface area contributed by atoms with Gasteiger partial charge in [-0.15, -0.1) is 0 Å². The average molecular weight is 423 g/mol. The van der Waals surface area contributed by atoms with Crippen molar-refractivity contribution in [2.24, 2.45) is 0 Å². The van der Waals surface area contributed by atoms with E-state index < -0.39 is 0 Å². The highest BCUT2D eigenvalue weighted by atomic mass is 16.2. The molecule has 6 nitrogen and oxygen atoms in total. The SMILES string of the molecule is O=C(NCCn1nc(-c2ccccc2)ccc1=O)c1ccccc1C(=O)c1ccccc1. The van der Waals surface area contributed by atoms with E-state index >= 15 is 0 Å². The zero-order valence-electron chi connectivity index (χ0n) is 17.3. The Labute approximate surface area is 185 Å². The molecule has 0 fully saturated rings. The molecule has 0 saturated heterocycles. The van der Waals surface area contributed by atoms with Crippen LogP contribution in [-0.4, -0.2) is 28.0 Å². The number of nitrogens with zero attached hydrogens (tertiary/aromatic N) is 2. The maximum atomic E-state index is 12.8. The van der Waals surface area contributed by atoms with Crippen LogP contribution in [0, 0.1) is 0 Å². The maximum absolute atomic E-state index is 12.8. The fraction of sp³-hybridized carbons (Fsp3) is 0.0769. The molecular weight excluding hydrogens is 402 g/mol. The lowest BCUT2D eigenvalue weighted by atomic mass is 9.98. The Bertz CT molecular complexity index is 1300. The molecule has 0 aliphatic heterocycles. The Morgan fingerprint density at radius 2 is 1.38 bits per heavy atom. The topological polar surface area (TPSA) is 81.1 Å². The van der Waals surface area contributed by atoms with Crippen molar-refractivity contribution < 1.29 is 9.59 Å². The first-order valence-electron chi connectivity index (χ1n) is 10.2. The number of rotatable bonds is 7. The van der Waals surface area contributed by atoms with E-state index in [1.54, 1.807) is 54.6 Å². The van der Waals surface area contributed by atoms with Crippen LogP contribution in [0.2, 0.25) is 0 Å². The minimum Gasteiger partial charge on any atom is -0.350 e. The first-order valence-corrected chi connectivity index (χ1v) is 10.2. The number of amides is 1. The number of ketones is 1. The summed E-state index contributed by atoms with van der Waals surface area (Å²) in [7, 11) is 0. The molecule has 3 aromatic carbocycles. The third-order valence-corrected chi connectivity index (χ3v) is 5.00. The summed E-state index contributed by atoms with van der Waals surface area (Å²) in [6.07, 6.45) is 0. The maximum Gasteiger partial charge on any atom is 0.266 e. The second kappa shape index (κ2) is 9.66. The number of benzene rings is 3. The van der Waals surface area contributed by atoms with Crippen LogP contribution in [0.15, 0.2) is 102 Å². The molecule has 0 bridgehead atoms. The summed E-state index contributed by atoms with van der Waals surface area (Å²) in [5.74, 6) is -0.595. The van der Waals surface area contributed by atoms with Gasteiger partial charge < -0.3 is 5.32 Å². The van der Waals surface area contributed by atoms with Gasteiger partial charge in [0.1, 0.15) is 0 Å². The van der Waals surface area contributed by atoms with Crippen molar-refractivity contribution in [1.29, 1.82) is 0 Å². The van der Waals surface area contributed by atoms with Crippen LogP contribution >= 0.6 is 0 Å². The number of aromatic nitrogens is 2. The lowest BCUT2D eigenvalue weighted by Gasteiger charge is -2.11. The second-order valence-electron chi connectivity index (χ2n) is 7.14. The smallest absolute Gasteiger partial charge is 0.266 e. The lowest BCUT2D eigenvalue weighted by molar-refractivity contribution is 0.0940. The van der Waals surface area contributed by atoms with E-state index in [4.69, 9.17) is 0 Å². The second-order valence-corrected chi connectivity index (χ2v) is 7.14. The van der Waals surface area contributed by atoms with Gasteiger partial charge in [0, 0.05) is 29.3 Å². The quantitative estimate of drug-likeness (QED) is 0.461. The van der Waals surface area contributed by atoms with Gasteiger partial charge >= 0.3 is 0 Å². The summed E-state index contributed by atoms with van der Waals surface area (Å²) in [6, 6.07) is 28.2. The van der Waals surface area contributed by atoms with E-state index in [9.17, 15) is 14.4 Å². The van der Waals surface area contributed by atoms with E-state index in [1.165, 1.54) is 10.7 Å². The zero-order valence-corrected chi connectivity index (χ0v) is 17.3. The Morgan fingerprint density at radius 3 is 2.09 bits per heavy atom. The standard InChI is InChI=1S/C26H21N3O3/c30-24-16-15-23(19-9-3-1-4-10-19)28-29(24)18-17-27-26(32)22-14-8-7-13-21(22)25(31)20-11-5-2-6-12-20/h1-16H,17-18H2,(H,27,32). The molecule has 158 valence electrons. The highest BCUT2D eigenvalue weighted by Gasteiger charge is 2.17. The Morgan fingerprint density at radius 1 is 0.750 bits per heavy atom. The third-order valence-electron chi connectivity index (χ3n) is 5.00. The molecule has 0 saturated carbocycles. The molecule has 1 N–H and O–H groups in total. The Hall–Kier alpha value is -4.32. The normalized spacial score (nSPS) is 10.5. The van der Waals surface area contributed by atoms with Gasteiger partial charge in [0.2, 0.25) is 0 Å². The number of nitrogens with one attached hydrogen (secondary N) is 1. The zero-order chi connectivity index (χ0) is 22.3. The minimum atomic E-state index is -0.378. The van der Waals surface area contributed by atoms with Gasteiger partial charge in [-0.05, 0) is 12.1 Å². The summed E-state index contributed by atoms with van der Waals surface area (Å²) in [6.45, 7) is 0.401. The summed E-state index contributed by atoms with van der Waals surface area (Å²) in [4.78, 5) is 37.8. The molecule has 0 aliphatic carbocycles. The molecule has 1 amide bonds. The monoisotopic (exact) mass is 423 g/mol. The Kier molecular flexibility index (Phi) is 6.32. The summed E-state index contributed by atoms with van der Waals surface area (Å²) in [5.41, 5.74) is 2.46. The van der Waals surface area contributed by atoms with E-state index in [0.717, 1.165) is 5.56 Å². The molecule has 1 heterocycles. The van der Waals surface area contributed by atoms with Crippen LogP contribution < -0.4 is 10.9 Å².